The normalized spacial score (nSPS) is 12.7. The molecule has 1 atom stereocenters. The predicted molar refractivity (Wildman–Crippen MR) is 104 cm³/mol. The average Bonchev–Trinajstić information content (AvgIpc) is 3.12. The van der Waals surface area contributed by atoms with Crippen LogP contribution in [0.3, 0.4) is 0 Å². The smallest absolute Gasteiger partial charge is 0.339 e. The molecule has 1 heterocycles. The third-order valence-corrected chi connectivity index (χ3v) is 4.30. The zero-order valence-corrected chi connectivity index (χ0v) is 15.5. The van der Waals surface area contributed by atoms with Gasteiger partial charge in [0.05, 0.1) is 21.5 Å². The zero-order chi connectivity index (χ0) is 21.1. The molecule has 0 unspecified atom stereocenters. The number of fused-ring (bicyclic) bond motifs is 1. The third kappa shape index (κ3) is 3.91. The number of hydrogen-bond acceptors (Lipinski definition) is 7. The van der Waals surface area contributed by atoms with Gasteiger partial charge in [0.25, 0.3) is 5.69 Å². The number of nitro groups is 1. The Labute approximate surface area is 165 Å². The van der Waals surface area contributed by atoms with Crippen molar-refractivity contribution in [2.24, 2.45) is 0 Å². The maximum absolute atomic E-state index is 12.3. The maximum Gasteiger partial charge on any atom is 0.339 e. The number of benzene rings is 2. The van der Waals surface area contributed by atoms with Crippen LogP contribution < -0.4 is 0 Å². The summed E-state index contributed by atoms with van der Waals surface area (Å²) in [4.78, 5) is 30.0. The maximum atomic E-state index is 12.3. The lowest BCUT2D eigenvalue weighted by Crippen LogP contribution is -2.18. The molecule has 0 aliphatic rings. The van der Waals surface area contributed by atoms with E-state index in [2.05, 4.69) is 9.97 Å². The number of para-hydroxylation sites is 2. The van der Waals surface area contributed by atoms with Crippen LogP contribution >= 0.6 is 0 Å². The summed E-state index contributed by atoms with van der Waals surface area (Å²) in [7, 11) is 0. The highest BCUT2D eigenvalue weighted by Crippen LogP contribution is 2.23. The number of imidazole rings is 1. The van der Waals surface area contributed by atoms with Gasteiger partial charge < -0.3 is 14.8 Å². The predicted octanol–water partition coefficient (Wildman–Crippen LogP) is 3.82. The molecule has 146 valence electrons. The van der Waals surface area contributed by atoms with Gasteiger partial charge in [-0.1, -0.05) is 18.2 Å². The summed E-state index contributed by atoms with van der Waals surface area (Å²) in [6.45, 7) is 2.94. The molecule has 0 amide bonds. The molecule has 2 N–H and O–H groups in total. The fourth-order valence-corrected chi connectivity index (χ4v) is 2.72. The number of hydrogen-bond donors (Lipinski definition) is 2. The van der Waals surface area contributed by atoms with Crippen LogP contribution in [-0.2, 0) is 4.74 Å². The quantitative estimate of drug-likeness (QED) is 0.221. The Morgan fingerprint density at radius 3 is 2.72 bits per heavy atom. The number of aliphatic hydroxyl groups excluding tert-OH is 1. The van der Waals surface area contributed by atoms with Crippen molar-refractivity contribution in [1.82, 2.24) is 9.97 Å². The minimum atomic E-state index is -1.18. The lowest BCUT2D eigenvalue weighted by molar-refractivity contribution is -0.385. The Bertz CT molecular complexity index is 1160. The Hall–Kier alpha value is -4.19. The van der Waals surface area contributed by atoms with Gasteiger partial charge in [0.1, 0.15) is 11.6 Å². The number of ether oxygens (including phenoxy) is 1. The van der Waals surface area contributed by atoms with Crippen LogP contribution in [0.25, 0.3) is 16.6 Å². The van der Waals surface area contributed by atoms with Crippen LogP contribution in [0.2, 0.25) is 0 Å². The molecule has 29 heavy (non-hydrogen) atoms. The second kappa shape index (κ2) is 7.82. The molecule has 0 radical (unpaired) electrons. The topological polar surface area (TPSA) is 142 Å². The number of H-pyrrole nitrogens is 1. The molecule has 0 aliphatic heterocycles. The van der Waals surface area contributed by atoms with Crippen molar-refractivity contribution >= 4 is 28.3 Å². The summed E-state index contributed by atoms with van der Waals surface area (Å²) in [5.74, 6) is -1.21. The monoisotopic (exact) mass is 392 g/mol. The summed E-state index contributed by atoms with van der Waals surface area (Å²) >= 11 is 0. The number of carbonyl (C=O) groups excluding carboxylic acids is 1. The van der Waals surface area contributed by atoms with E-state index in [-0.39, 0.29) is 22.6 Å². The molecule has 0 spiro atoms. The Morgan fingerprint density at radius 1 is 1.34 bits per heavy atom. The van der Waals surface area contributed by atoms with Crippen molar-refractivity contribution in [1.29, 1.82) is 5.26 Å². The number of nitrogens with zero attached hydrogens (tertiary/aromatic N) is 3. The number of nitrogens with one attached hydrogen (secondary N) is 1. The van der Waals surface area contributed by atoms with Gasteiger partial charge >= 0.3 is 5.97 Å². The first-order valence-corrected chi connectivity index (χ1v) is 8.56. The fourth-order valence-electron chi connectivity index (χ4n) is 2.72. The van der Waals surface area contributed by atoms with E-state index < -0.39 is 22.8 Å². The Morgan fingerprint density at radius 2 is 2.07 bits per heavy atom. The highest BCUT2D eigenvalue weighted by molar-refractivity contribution is 5.91. The average molecular weight is 392 g/mol. The molecular formula is C20H16N4O5. The number of nitro benzene ring substituents is 1. The first-order valence-electron chi connectivity index (χ1n) is 8.56. The molecule has 2 aromatic carbocycles. The molecule has 3 rings (SSSR count). The molecule has 9 heteroatoms. The zero-order valence-electron chi connectivity index (χ0n) is 15.5. The lowest BCUT2D eigenvalue weighted by Gasteiger charge is -2.13. The van der Waals surface area contributed by atoms with Crippen LogP contribution in [0.15, 0.2) is 48.2 Å². The minimum absolute atomic E-state index is 0.0378. The molecule has 0 saturated carbocycles. The second-order valence-corrected chi connectivity index (χ2v) is 6.28. The summed E-state index contributed by atoms with van der Waals surface area (Å²) in [6.07, 6.45) is -1.18. The van der Waals surface area contributed by atoms with Gasteiger partial charge in [-0.3, -0.25) is 10.1 Å². The lowest BCUT2D eigenvalue weighted by atomic mass is 10.1. The van der Waals surface area contributed by atoms with E-state index in [9.17, 15) is 25.3 Å². The molecule has 0 bridgehead atoms. The van der Waals surface area contributed by atoms with Gasteiger partial charge in [0.15, 0.2) is 17.7 Å². The van der Waals surface area contributed by atoms with Gasteiger partial charge in [0.2, 0.25) is 0 Å². The van der Waals surface area contributed by atoms with Crippen molar-refractivity contribution in [3.05, 3.63) is 75.3 Å². The van der Waals surface area contributed by atoms with Crippen molar-refractivity contribution in [2.45, 2.75) is 20.0 Å². The van der Waals surface area contributed by atoms with E-state index in [1.165, 1.54) is 19.1 Å². The van der Waals surface area contributed by atoms with Gasteiger partial charge in [-0.15, -0.1) is 0 Å². The van der Waals surface area contributed by atoms with E-state index >= 15 is 0 Å². The number of nitriles is 1. The molecule has 0 fully saturated rings. The number of aryl methyl sites for hydroxylation is 1. The van der Waals surface area contributed by atoms with E-state index in [0.717, 1.165) is 6.07 Å². The first kappa shape index (κ1) is 19.6. The SMILES string of the molecule is Cc1ccc(C(=O)O[C@@H](C)/C(O)=C(\C#N)c2nc3ccccc3[nH]2)cc1[N+](=O)[O-]. The largest absolute Gasteiger partial charge is 0.507 e. The highest BCUT2D eigenvalue weighted by Gasteiger charge is 2.23. The van der Waals surface area contributed by atoms with Crippen molar-refractivity contribution in [3.63, 3.8) is 0 Å². The summed E-state index contributed by atoms with van der Waals surface area (Å²) < 4.78 is 5.19. The highest BCUT2D eigenvalue weighted by atomic mass is 16.6. The molecule has 0 aliphatic carbocycles. The van der Waals surface area contributed by atoms with Gasteiger partial charge in [-0.25, -0.2) is 9.78 Å². The molecule has 3 aromatic rings. The summed E-state index contributed by atoms with van der Waals surface area (Å²) in [5, 5.41) is 31.0. The Balaban J connectivity index is 1.87. The number of carbonyl (C=O) groups is 1. The summed E-state index contributed by atoms with van der Waals surface area (Å²) in [6, 6.07) is 12.9. The van der Waals surface area contributed by atoms with Gasteiger partial charge in [-0.2, -0.15) is 5.26 Å². The fraction of sp³-hybridized carbons (Fsp3) is 0.150. The van der Waals surface area contributed by atoms with Crippen molar-refractivity contribution < 1.29 is 19.6 Å². The van der Waals surface area contributed by atoms with Crippen LogP contribution in [-0.4, -0.2) is 32.1 Å². The van der Waals surface area contributed by atoms with Crippen LogP contribution in [0.1, 0.15) is 28.7 Å². The van der Waals surface area contributed by atoms with E-state index in [1.807, 2.05) is 6.07 Å². The van der Waals surface area contributed by atoms with Gasteiger partial charge in [-0.05, 0) is 32.0 Å². The van der Waals surface area contributed by atoms with Crippen LogP contribution in [0, 0.1) is 28.4 Å². The first-order chi connectivity index (χ1) is 13.8. The standard InChI is InChI=1S/C20H16N4O5/c1-11-7-8-13(9-17(11)24(27)28)20(26)29-12(2)18(25)14(10-21)19-22-15-5-3-4-6-16(15)23-19/h3-9,12,25H,1-2H3,(H,22,23)/b18-14-/t12-/m0/s1. The van der Waals surface area contributed by atoms with Crippen LogP contribution in [0.5, 0.6) is 0 Å². The number of esters is 1. The molecular weight excluding hydrogens is 376 g/mol. The van der Waals surface area contributed by atoms with Crippen molar-refractivity contribution in [3.8, 4) is 6.07 Å². The number of allylic oxidation sites excluding steroid dienone is 1. The molecule has 9 nitrogen and oxygen atoms in total. The number of rotatable bonds is 5. The third-order valence-electron chi connectivity index (χ3n) is 4.30. The van der Waals surface area contributed by atoms with E-state index in [4.69, 9.17) is 4.74 Å². The summed E-state index contributed by atoms with van der Waals surface area (Å²) in [5.41, 5.74) is 1.27. The molecule has 1 aromatic heterocycles. The number of aliphatic hydroxyl groups is 1. The van der Waals surface area contributed by atoms with Gasteiger partial charge in [0, 0.05) is 11.6 Å². The minimum Gasteiger partial charge on any atom is -0.507 e. The second-order valence-electron chi connectivity index (χ2n) is 6.28. The Kier molecular flexibility index (Phi) is 5.27. The number of aromatic nitrogens is 2. The van der Waals surface area contributed by atoms with Crippen LogP contribution in [0.4, 0.5) is 5.69 Å². The van der Waals surface area contributed by atoms with E-state index in [0.29, 0.717) is 16.6 Å². The molecule has 0 saturated heterocycles. The van der Waals surface area contributed by atoms with E-state index in [1.54, 1.807) is 31.2 Å². The number of aromatic amines is 1. The van der Waals surface area contributed by atoms with Crippen molar-refractivity contribution in [2.75, 3.05) is 0 Å².